The normalized spacial score (nSPS) is 29.6. The third kappa shape index (κ3) is 14.9. The SMILES string of the molecule is CC(=O)NC12CNCCNCC(NC(=S)NCCCCCCCNC(=O)OCC3[C@H]4CCC#CCC[C@@H]34)(CNCCNC1)CNCCNC2. The Balaban J connectivity index is 1.09. The summed E-state index contributed by atoms with van der Waals surface area (Å²) in [5.74, 6) is 8.38. The summed E-state index contributed by atoms with van der Waals surface area (Å²) in [5.41, 5.74) is -0.711. The van der Waals surface area contributed by atoms with Gasteiger partial charge in [-0.05, 0) is 55.7 Å². The number of hydrogen-bond acceptors (Lipinski definition) is 10. The third-order valence-electron chi connectivity index (χ3n) is 10.2. The molecule has 5 aliphatic rings. The molecule has 4 fully saturated rings. The average molecular weight is 705 g/mol. The minimum atomic E-state index is -0.402. The van der Waals surface area contributed by atoms with E-state index in [9.17, 15) is 9.59 Å². The van der Waals surface area contributed by atoms with Gasteiger partial charge in [-0.15, -0.1) is 11.8 Å². The number of fused-ring (bicyclic) bond motifs is 16. The lowest BCUT2D eigenvalue weighted by Gasteiger charge is -2.39. The summed E-state index contributed by atoms with van der Waals surface area (Å²) in [4.78, 5) is 24.2. The van der Waals surface area contributed by atoms with E-state index in [0.29, 0.717) is 55.7 Å². The van der Waals surface area contributed by atoms with Crippen molar-refractivity contribution in [3.05, 3.63) is 0 Å². The van der Waals surface area contributed by atoms with Crippen molar-refractivity contribution in [3.8, 4) is 11.8 Å². The van der Waals surface area contributed by atoms with Crippen LogP contribution >= 0.6 is 12.2 Å². The number of ether oxygens (including phenoxy) is 1. The van der Waals surface area contributed by atoms with Gasteiger partial charge >= 0.3 is 6.09 Å². The molecule has 0 radical (unpaired) electrons. The Morgan fingerprint density at radius 2 is 1.10 bits per heavy atom. The standard InChI is InChI=1S/C35H64N10O3S/c1-28(46)44-34-22-36-15-18-39-25-35(26-40-19-16-37-23-34,27-41-20-17-38-24-34)45-32(49)42-13-9-5-2-6-10-14-43-33(47)48-21-31-29-11-7-3-4-8-12-30(29)31/h29-31,36-41H,2,5-27H2,1H3,(H,43,47)(H,44,46)(H2,42,45,49)/t29-,30+,31?,34?,35?. The van der Waals surface area contributed by atoms with Crippen LogP contribution in [0.3, 0.4) is 0 Å². The van der Waals surface area contributed by atoms with Crippen LogP contribution < -0.4 is 53.2 Å². The minimum Gasteiger partial charge on any atom is -0.449 e. The zero-order chi connectivity index (χ0) is 34.6. The maximum atomic E-state index is 12.2. The second-order valence-corrected chi connectivity index (χ2v) is 14.8. The van der Waals surface area contributed by atoms with Gasteiger partial charge in [-0.3, -0.25) is 4.79 Å². The van der Waals surface area contributed by atoms with Crippen LogP contribution in [0.2, 0.25) is 0 Å². The first-order chi connectivity index (χ1) is 23.9. The number of unbranched alkanes of at least 4 members (excludes halogenated alkanes) is 4. The molecule has 0 aromatic rings. The Morgan fingerprint density at radius 1 is 0.673 bits per heavy atom. The number of carbonyl (C=O) groups excluding carboxylic acids is 2. The molecule has 3 aliphatic heterocycles. The molecule has 0 aromatic carbocycles. The summed E-state index contributed by atoms with van der Waals surface area (Å²) in [6, 6.07) is 0. The number of alkyl carbamates (subject to hydrolysis) is 1. The molecule has 0 aromatic heterocycles. The Kier molecular flexibility index (Phi) is 17.6. The molecular weight excluding hydrogens is 641 g/mol. The number of nitrogens with one attached hydrogen (secondary N) is 10. The van der Waals surface area contributed by atoms with Gasteiger partial charge in [0.1, 0.15) is 0 Å². The fourth-order valence-electron chi connectivity index (χ4n) is 7.47. The van der Waals surface area contributed by atoms with Gasteiger partial charge < -0.3 is 57.9 Å². The zero-order valence-electron chi connectivity index (χ0n) is 29.8. The Labute approximate surface area is 299 Å². The van der Waals surface area contributed by atoms with Crippen LogP contribution in [0.1, 0.15) is 64.7 Å². The van der Waals surface area contributed by atoms with Gasteiger partial charge in [-0.25, -0.2) is 4.79 Å². The summed E-state index contributed by atoms with van der Waals surface area (Å²) in [6.07, 6.45) is 9.30. The van der Waals surface area contributed by atoms with Crippen molar-refractivity contribution in [1.29, 1.82) is 0 Å². The summed E-state index contributed by atoms with van der Waals surface area (Å²) in [5, 5.41) is 35.5. The van der Waals surface area contributed by atoms with Crippen LogP contribution in [-0.2, 0) is 9.53 Å². The fraction of sp³-hybridized carbons (Fsp3) is 0.857. The van der Waals surface area contributed by atoms with E-state index >= 15 is 0 Å². The molecule has 3 heterocycles. The first-order valence-electron chi connectivity index (χ1n) is 18.9. The van der Waals surface area contributed by atoms with E-state index in [4.69, 9.17) is 17.0 Å². The monoisotopic (exact) mass is 704 g/mol. The van der Waals surface area contributed by atoms with E-state index in [1.165, 1.54) is 0 Å². The van der Waals surface area contributed by atoms with Gasteiger partial charge in [-0.2, -0.15) is 0 Å². The van der Waals surface area contributed by atoms with Crippen LogP contribution in [0.5, 0.6) is 0 Å². The molecule has 49 heavy (non-hydrogen) atoms. The van der Waals surface area contributed by atoms with Gasteiger partial charge in [0.05, 0.1) is 17.7 Å². The fourth-order valence-corrected chi connectivity index (χ4v) is 7.79. The lowest BCUT2D eigenvalue weighted by molar-refractivity contribution is -0.120. The lowest BCUT2D eigenvalue weighted by Crippen LogP contribution is -2.68. The number of amides is 2. The van der Waals surface area contributed by atoms with E-state index < -0.39 is 5.54 Å². The topological polar surface area (TPSA) is 164 Å². The van der Waals surface area contributed by atoms with Crippen molar-refractivity contribution in [2.45, 2.75) is 75.8 Å². The molecule has 1 saturated carbocycles. The number of carbonyl (C=O) groups is 2. The summed E-state index contributed by atoms with van der Waals surface area (Å²) < 4.78 is 5.53. The highest BCUT2D eigenvalue weighted by Crippen LogP contribution is 2.52. The van der Waals surface area contributed by atoms with Crippen molar-refractivity contribution >= 4 is 29.3 Å². The van der Waals surface area contributed by atoms with Crippen LogP contribution in [-0.4, -0.2) is 126 Å². The van der Waals surface area contributed by atoms with Crippen molar-refractivity contribution in [2.75, 3.05) is 98.2 Å². The van der Waals surface area contributed by atoms with Gasteiger partial charge in [0.15, 0.2) is 5.11 Å². The zero-order valence-corrected chi connectivity index (χ0v) is 30.7. The smallest absolute Gasteiger partial charge is 0.407 e. The van der Waals surface area contributed by atoms with E-state index in [0.717, 1.165) is 123 Å². The molecule has 2 aliphatic carbocycles. The molecule has 3 atom stereocenters. The van der Waals surface area contributed by atoms with Crippen LogP contribution in [0.15, 0.2) is 0 Å². The van der Waals surface area contributed by atoms with Gasteiger partial charge in [0, 0.05) is 111 Å². The Hall–Kier alpha value is -2.25. The van der Waals surface area contributed by atoms with E-state index in [1.807, 2.05) is 0 Å². The van der Waals surface area contributed by atoms with E-state index in [-0.39, 0.29) is 17.5 Å². The maximum Gasteiger partial charge on any atom is 0.407 e. The quantitative estimate of drug-likeness (QED) is 0.0738. The predicted octanol–water partition coefficient (Wildman–Crippen LogP) is -0.255. The van der Waals surface area contributed by atoms with Crippen molar-refractivity contribution in [3.63, 3.8) is 0 Å². The predicted molar refractivity (Wildman–Crippen MR) is 199 cm³/mol. The summed E-state index contributed by atoms with van der Waals surface area (Å²) >= 11 is 5.80. The largest absolute Gasteiger partial charge is 0.449 e. The second-order valence-electron chi connectivity index (χ2n) is 14.4. The van der Waals surface area contributed by atoms with Crippen LogP contribution in [0, 0.1) is 29.6 Å². The molecular formula is C35H64N10O3S. The first-order valence-corrected chi connectivity index (χ1v) is 19.3. The molecule has 14 heteroatoms. The highest BCUT2D eigenvalue weighted by molar-refractivity contribution is 7.80. The summed E-state index contributed by atoms with van der Waals surface area (Å²) in [6.45, 7) is 12.6. The molecule has 13 nitrogen and oxygen atoms in total. The number of hydrogen-bond donors (Lipinski definition) is 10. The Bertz CT molecular complexity index is 1020. The maximum absolute atomic E-state index is 12.2. The molecule has 0 spiro atoms. The second kappa shape index (κ2) is 21.9. The molecule has 10 N–H and O–H groups in total. The molecule has 5 rings (SSSR count). The van der Waals surface area contributed by atoms with Crippen molar-refractivity contribution in [2.24, 2.45) is 17.8 Å². The number of rotatable bonds is 12. The molecule has 278 valence electrons. The van der Waals surface area contributed by atoms with Gasteiger partial charge in [0.25, 0.3) is 0 Å². The number of thiocarbonyl (C=S) groups is 1. The lowest BCUT2D eigenvalue weighted by atomic mass is 9.97. The van der Waals surface area contributed by atoms with Gasteiger partial charge in [0.2, 0.25) is 5.91 Å². The third-order valence-corrected chi connectivity index (χ3v) is 10.4. The van der Waals surface area contributed by atoms with Gasteiger partial charge in [-0.1, -0.05) is 19.3 Å². The molecule has 1 unspecified atom stereocenters. The average Bonchev–Trinajstić information content (AvgIpc) is 3.71. The molecule has 2 amide bonds. The highest BCUT2D eigenvalue weighted by atomic mass is 32.1. The van der Waals surface area contributed by atoms with Crippen molar-refractivity contribution in [1.82, 2.24) is 53.2 Å². The highest BCUT2D eigenvalue weighted by Gasteiger charge is 2.49. The van der Waals surface area contributed by atoms with Crippen LogP contribution in [0.25, 0.3) is 0 Å². The van der Waals surface area contributed by atoms with Crippen LogP contribution in [0.4, 0.5) is 4.79 Å². The molecule has 2 bridgehead atoms. The summed E-state index contributed by atoms with van der Waals surface area (Å²) in [7, 11) is 0. The minimum absolute atomic E-state index is 0.0196. The Morgan fingerprint density at radius 3 is 1.57 bits per heavy atom. The van der Waals surface area contributed by atoms with E-state index in [2.05, 4.69) is 65.0 Å². The van der Waals surface area contributed by atoms with Crippen molar-refractivity contribution < 1.29 is 14.3 Å². The molecule has 3 saturated heterocycles. The first kappa shape index (κ1) is 39.5. The van der Waals surface area contributed by atoms with E-state index in [1.54, 1.807) is 6.92 Å².